The van der Waals surface area contributed by atoms with Gasteiger partial charge in [-0.05, 0) is 18.6 Å². The summed E-state index contributed by atoms with van der Waals surface area (Å²) < 4.78 is 26.3. The van der Waals surface area contributed by atoms with Crippen molar-refractivity contribution in [3.63, 3.8) is 0 Å². The average Bonchev–Trinajstić information content (AvgIpc) is 2.38. The number of para-hydroxylation sites is 1. The van der Waals surface area contributed by atoms with E-state index in [0.717, 1.165) is 6.42 Å². The highest BCUT2D eigenvalue weighted by atomic mass is 32.2. The molecular weight excluding hydrogens is 282 g/mol. The molecule has 0 aliphatic heterocycles. The van der Waals surface area contributed by atoms with Gasteiger partial charge in [0.1, 0.15) is 5.69 Å². The Bertz CT molecular complexity index is 586. The molecule has 0 spiro atoms. The van der Waals surface area contributed by atoms with Crippen molar-refractivity contribution in [1.29, 1.82) is 0 Å². The van der Waals surface area contributed by atoms with Crippen LogP contribution >= 0.6 is 0 Å². The third kappa shape index (κ3) is 3.26. The quantitative estimate of drug-likeness (QED) is 0.471. The lowest BCUT2D eigenvalue weighted by Gasteiger charge is -2.20. The van der Waals surface area contributed by atoms with Crippen molar-refractivity contribution in [2.45, 2.75) is 31.6 Å². The van der Waals surface area contributed by atoms with Crippen LogP contribution in [0.5, 0.6) is 0 Å². The van der Waals surface area contributed by atoms with Crippen molar-refractivity contribution >= 4 is 21.4 Å². The third-order valence-electron chi connectivity index (χ3n) is 2.94. The van der Waals surface area contributed by atoms with Crippen LogP contribution in [-0.2, 0) is 10.0 Å². The van der Waals surface area contributed by atoms with Crippen LogP contribution < -0.4 is 5.73 Å². The first-order chi connectivity index (χ1) is 9.36. The Morgan fingerprint density at radius 1 is 1.35 bits per heavy atom. The molecule has 0 saturated carbocycles. The molecule has 0 bridgehead atoms. The van der Waals surface area contributed by atoms with Gasteiger partial charge in [0.05, 0.1) is 4.92 Å². The van der Waals surface area contributed by atoms with Crippen LogP contribution in [0.25, 0.3) is 0 Å². The summed E-state index contributed by atoms with van der Waals surface area (Å²) >= 11 is 0. The molecule has 0 heterocycles. The number of anilines is 1. The molecule has 0 fully saturated rings. The van der Waals surface area contributed by atoms with Gasteiger partial charge in [-0.15, -0.1) is 0 Å². The van der Waals surface area contributed by atoms with Gasteiger partial charge in [-0.25, -0.2) is 8.42 Å². The second-order valence-electron chi connectivity index (χ2n) is 4.30. The van der Waals surface area contributed by atoms with E-state index < -0.39 is 20.6 Å². The lowest BCUT2D eigenvalue weighted by atomic mass is 10.3. The zero-order valence-corrected chi connectivity index (χ0v) is 12.4. The van der Waals surface area contributed by atoms with Gasteiger partial charge < -0.3 is 5.73 Å². The highest BCUT2D eigenvalue weighted by Crippen LogP contribution is 2.31. The minimum Gasteiger partial charge on any atom is -0.393 e. The molecule has 0 unspecified atom stereocenters. The first kappa shape index (κ1) is 16.4. The van der Waals surface area contributed by atoms with Gasteiger partial charge in [-0.1, -0.05) is 26.3 Å². The molecule has 0 radical (unpaired) electrons. The molecule has 8 heteroatoms. The van der Waals surface area contributed by atoms with Crippen LogP contribution in [0, 0.1) is 10.1 Å². The van der Waals surface area contributed by atoms with Gasteiger partial charge in [0, 0.05) is 13.1 Å². The number of nitrogens with zero attached hydrogens (tertiary/aromatic N) is 2. The van der Waals surface area contributed by atoms with Gasteiger partial charge >= 0.3 is 5.69 Å². The molecule has 0 aromatic heterocycles. The molecule has 7 nitrogen and oxygen atoms in total. The summed E-state index contributed by atoms with van der Waals surface area (Å²) in [6, 6.07) is 3.95. The van der Waals surface area contributed by atoms with Crippen LogP contribution in [0.2, 0.25) is 0 Å². The summed E-state index contributed by atoms with van der Waals surface area (Å²) in [5.74, 6) is 0. The maximum atomic E-state index is 12.5. The summed E-state index contributed by atoms with van der Waals surface area (Å²) in [5.41, 5.74) is 4.83. The number of nitro benzene ring substituents is 1. The summed E-state index contributed by atoms with van der Waals surface area (Å²) in [7, 11) is -3.91. The van der Waals surface area contributed by atoms with Gasteiger partial charge in [-0.3, -0.25) is 10.1 Å². The van der Waals surface area contributed by atoms with Crippen LogP contribution in [0.3, 0.4) is 0 Å². The van der Waals surface area contributed by atoms with Crippen molar-refractivity contribution in [1.82, 2.24) is 4.31 Å². The second kappa shape index (κ2) is 6.67. The van der Waals surface area contributed by atoms with Gasteiger partial charge in [0.15, 0.2) is 4.90 Å². The zero-order chi connectivity index (χ0) is 15.3. The van der Waals surface area contributed by atoms with Crippen molar-refractivity contribution in [2.75, 3.05) is 18.8 Å². The molecule has 0 amide bonds. The van der Waals surface area contributed by atoms with E-state index >= 15 is 0 Å². The maximum Gasteiger partial charge on any atom is 0.312 e. The fraction of sp³-hybridized carbons (Fsp3) is 0.500. The summed E-state index contributed by atoms with van der Waals surface area (Å²) in [6.07, 6.45) is 1.54. The Hall–Kier alpha value is -1.67. The second-order valence-corrected chi connectivity index (χ2v) is 6.21. The van der Waals surface area contributed by atoms with E-state index in [2.05, 4.69) is 0 Å². The van der Waals surface area contributed by atoms with Crippen LogP contribution in [0.4, 0.5) is 11.4 Å². The van der Waals surface area contributed by atoms with E-state index in [4.69, 9.17) is 5.73 Å². The lowest BCUT2D eigenvalue weighted by molar-refractivity contribution is -0.386. The minimum absolute atomic E-state index is 0.150. The summed E-state index contributed by atoms with van der Waals surface area (Å²) in [4.78, 5) is 9.96. The van der Waals surface area contributed by atoms with E-state index in [1.807, 2.05) is 6.92 Å². The molecule has 0 aliphatic carbocycles. The molecule has 0 saturated heterocycles. The Morgan fingerprint density at radius 2 is 2.00 bits per heavy atom. The Morgan fingerprint density at radius 3 is 2.50 bits per heavy atom. The van der Waals surface area contributed by atoms with Crippen LogP contribution in [0.1, 0.15) is 26.7 Å². The molecule has 20 heavy (non-hydrogen) atoms. The zero-order valence-electron chi connectivity index (χ0n) is 11.6. The van der Waals surface area contributed by atoms with Gasteiger partial charge in [-0.2, -0.15) is 4.31 Å². The van der Waals surface area contributed by atoms with E-state index in [9.17, 15) is 18.5 Å². The molecule has 0 aliphatic rings. The third-order valence-corrected chi connectivity index (χ3v) is 4.95. The first-order valence-corrected chi connectivity index (χ1v) is 7.83. The number of nitrogen functional groups attached to an aromatic ring is 1. The van der Waals surface area contributed by atoms with E-state index in [-0.39, 0.29) is 17.1 Å². The highest BCUT2D eigenvalue weighted by Gasteiger charge is 2.32. The number of rotatable bonds is 7. The largest absolute Gasteiger partial charge is 0.393 e. The molecule has 0 atom stereocenters. The van der Waals surface area contributed by atoms with Crippen molar-refractivity contribution in [3.8, 4) is 0 Å². The molecule has 1 aromatic carbocycles. The van der Waals surface area contributed by atoms with E-state index in [0.29, 0.717) is 13.0 Å². The normalized spacial score (nSPS) is 11.8. The first-order valence-electron chi connectivity index (χ1n) is 6.39. The Labute approximate surface area is 118 Å². The Balaban J connectivity index is 3.34. The Kier molecular flexibility index (Phi) is 5.46. The minimum atomic E-state index is -3.91. The number of nitrogens with two attached hydrogens (primary N) is 1. The summed E-state index contributed by atoms with van der Waals surface area (Å²) in [6.45, 7) is 4.24. The molecule has 112 valence electrons. The van der Waals surface area contributed by atoms with Gasteiger partial charge in [0.2, 0.25) is 10.0 Å². The predicted molar refractivity (Wildman–Crippen MR) is 76.8 cm³/mol. The monoisotopic (exact) mass is 301 g/mol. The van der Waals surface area contributed by atoms with Gasteiger partial charge in [0.25, 0.3) is 0 Å². The summed E-state index contributed by atoms with van der Waals surface area (Å²) in [5, 5.41) is 11.1. The number of hydrogen-bond donors (Lipinski definition) is 1. The SMILES string of the molecule is CCCCN(CC)S(=O)(=O)c1cccc(N)c1[N+](=O)[O-]. The predicted octanol–water partition coefficient (Wildman–Crippen LogP) is 1.99. The van der Waals surface area contributed by atoms with Crippen molar-refractivity contribution in [3.05, 3.63) is 28.3 Å². The fourth-order valence-electron chi connectivity index (χ4n) is 1.86. The van der Waals surface area contributed by atoms with Crippen LogP contribution in [0.15, 0.2) is 23.1 Å². The number of sulfonamides is 1. The molecule has 1 aromatic rings. The number of nitro groups is 1. The fourth-order valence-corrected chi connectivity index (χ4v) is 3.54. The smallest absolute Gasteiger partial charge is 0.312 e. The number of hydrogen-bond acceptors (Lipinski definition) is 5. The standard InChI is InChI=1S/C12H19N3O4S/c1-3-5-9-14(4-2)20(18,19)11-8-6-7-10(13)12(11)15(16)17/h6-8H,3-5,9,13H2,1-2H3. The maximum absolute atomic E-state index is 12.5. The molecule has 2 N–H and O–H groups in total. The van der Waals surface area contributed by atoms with Crippen molar-refractivity contribution in [2.24, 2.45) is 0 Å². The lowest BCUT2D eigenvalue weighted by Crippen LogP contribution is -2.32. The molecular formula is C12H19N3O4S. The van der Waals surface area contributed by atoms with Crippen molar-refractivity contribution < 1.29 is 13.3 Å². The van der Waals surface area contributed by atoms with Crippen LogP contribution in [-0.4, -0.2) is 30.7 Å². The van der Waals surface area contributed by atoms with E-state index in [1.54, 1.807) is 6.92 Å². The number of benzene rings is 1. The average molecular weight is 301 g/mol. The molecule has 1 rings (SSSR count). The van der Waals surface area contributed by atoms with E-state index in [1.165, 1.54) is 22.5 Å². The topological polar surface area (TPSA) is 107 Å². The number of unbranched alkanes of at least 4 members (excludes halogenated alkanes) is 1. The highest BCUT2D eigenvalue weighted by molar-refractivity contribution is 7.89.